The average molecular weight is 419 g/mol. The van der Waals surface area contributed by atoms with Crippen LogP contribution in [0.25, 0.3) is 0 Å². The number of hydrogen-bond acceptors (Lipinski definition) is 5. The monoisotopic (exact) mass is 419 g/mol. The van der Waals surface area contributed by atoms with Crippen molar-refractivity contribution in [3.8, 4) is 11.5 Å². The summed E-state index contributed by atoms with van der Waals surface area (Å²) in [6.07, 6.45) is -0.939. The van der Waals surface area contributed by atoms with Gasteiger partial charge in [-0.2, -0.15) is 0 Å². The van der Waals surface area contributed by atoms with Crippen LogP contribution in [0.1, 0.15) is 18.1 Å². The maximum absolute atomic E-state index is 12.2. The summed E-state index contributed by atoms with van der Waals surface area (Å²) in [4.78, 5) is 24.2. The van der Waals surface area contributed by atoms with Gasteiger partial charge >= 0.3 is 5.97 Å². The lowest BCUT2D eigenvalue weighted by Crippen LogP contribution is -2.31. The summed E-state index contributed by atoms with van der Waals surface area (Å²) < 4.78 is 16.3. The number of nitrogens with one attached hydrogen (secondary N) is 1. The third-order valence-electron chi connectivity index (χ3n) is 4.43. The van der Waals surface area contributed by atoms with Crippen LogP contribution >= 0.6 is 0 Å². The van der Waals surface area contributed by atoms with Crippen LogP contribution in [-0.4, -0.2) is 24.6 Å². The smallest absolute Gasteiger partial charge is 0.344 e. The van der Waals surface area contributed by atoms with E-state index in [1.165, 1.54) is 6.92 Å². The predicted octanol–water partition coefficient (Wildman–Crippen LogP) is 4.52. The SMILES string of the molecule is Cc1ccc(NC(=O)[C@@H](C)OC(=O)COc2ccc(OCc3ccccc3)cc2)cc1. The van der Waals surface area contributed by atoms with Crippen molar-refractivity contribution in [3.63, 3.8) is 0 Å². The second-order valence-corrected chi connectivity index (χ2v) is 7.02. The summed E-state index contributed by atoms with van der Waals surface area (Å²) in [7, 11) is 0. The second-order valence-electron chi connectivity index (χ2n) is 7.02. The Hall–Kier alpha value is -3.80. The number of benzene rings is 3. The van der Waals surface area contributed by atoms with Crippen molar-refractivity contribution < 1.29 is 23.8 Å². The third kappa shape index (κ3) is 7.19. The standard InChI is InChI=1S/C25H25NO5/c1-18-8-10-21(11-9-18)26-25(28)19(2)31-24(27)17-30-23-14-12-22(13-15-23)29-16-20-6-4-3-5-7-20/h3-15,19H,16-17H2,1-2H3,(H,26,28)/t19-/m1/s1. The minimum absolute atomic E-state index is 0.299. The highest BCUT2D eigenvalue weighted by molar-refractivity contribution is 5.95. The zero-order valence-corrected chi connectivity index (χ0v) is 17.5. The summed E-state index contributed by atoms with van der Waals surface area (Å²) in [5.74, 6) is 0.161. The fourth-order valence-electron chi connectivity index (χ4n) is 2.68. The van der Waals surface area contributed by atoms with E-state index in [1.54, 1.807) is 36.4 Å². The van der Waals surface area contributed by atoms with Crippen LogP contribution < -0.4 is 14.8 Å². The van der Waals surface area contributed by atoms with E-state index in [0.717, 1.165) is 11.1 Å². The number of rotatable bonds is 9. The highest BCUT2D eigenvalue weighted by atomic mass is 16.6. The first-order chi connectivity index (χ1) is 15.0. The molecule has 0 unspecified atom stereocenters. The van der Waals surface area contributed by atoms with Gasteiger partial charge in [-0.25, -0.2) is 4.79 Å². The van der Waals surface area contributed by atoms with Gasteiger partial charge in [0.1, 0.15) is 18.1 Å². The fraction of sp³-hybridized carbons (Fsp3) is 0.200. The molecule has 1 amide bonds. The number of hydrogen-bond donors (Lipinski definition) is 1. The second kappa shape index (κ2) is 10.8. The van der Waals surface area contributed by atoms with E-state index in [0.29, 0.717) is 23.8 Å². The van der Waals surface area contributed by atoms with Crippen LogP contribution in [0.15, 0.2) is 78.9 Å². The zero-order valence-electron chi connectivity index (χ0n) is 17.5. The molecule has 0 aliphatic rings. The third-order valence-corrected chi connectivity index (χ3v) is 4.43. The van der Waals surface area contributed by atoms with Gasteiger partial charge in [0.2, 0.25) is 0 Å². The van der Waals surface area contributed by atoms with Gasteiger partial charge in [0.15, 0.2) is 12.7 Å². The Morgan fingerprint density at radius 3 is 2.10 bits per heavy atom. The zero-order chi connectivity index (χ0) is 22.1. The molecule has 0 fully saturated rings. The van der Waals surface area contributed by atoms with Crippen LogP contribution in [0.3, 0.4) is 0 Å². The lowest BCUT2D eigenvalue weighted by atomic mass is 10.2. The molecule has 0 spiro atoms. The van der Waals surface area contributed by atoms with Crippen LogP contribution in [0, 0.1) is 6.92 Å². The number of aryl methyl sites for hydroxylation is 1. The Morgan fingerprint density at radius 1 is 0.839 bits per heavy atom. The number of carbonyl (C=O) groups excluding carboxylic acids is 2. The lowest BCUT2D eigenvalue weighted by molar-refractivity contribution is -0.155. The van der Waals surface area contributed by atoms with Crippen LogP contribution in [0.4, 0.5) is 5.69 Å². The molecule has 1 atom stereocenters. The maximum Gasteiger partial charge on any atom is 0.344 e. The van der Waals surface area contributed by atoms with E-state index in [4.69, 9.17) is 14.2 Å². The predicted molar refractivity (Wildman–Crippen MR) is 118 cm³/mol. The Morgan fingerprint density at radius 2 is 1.45 bits per heavy atom. The Bertz CT molecular complexity index is 985. The molecule has 0 aliphatic carbocycles. The maximum atomic E-state index is 12.2. The summed E-state index contributed by atoms with van der Waals surface area (Å²) in [6.45, 7) is 3.64. The van der Waals surface area contributed by atoms with Gasteiger partial charge in [-0.05, 0) is 55.8 Å². The first kappa shape index (κ1) is 21.9. The van der Waals surface area contributed by atoms with Gasteiger partial charge in [-0.1, -0.05) is 48.0 Å². The molecule has 3 aromatic rings. The minimum Gasteiger partial charge on any atom is -0.489 e. The van der Waals surface area contributed by atoms with E-state index in [1.807, 2.05) is 49.4 Å². The van der Waals surface area contributed by atoms with Crippen molar-refractivity contribution >= 4 is 17.6 Å². The molecule has 6 heteroatoms. The molecule has 6 nitrogen and oxygen atoms in total. The molecule has 0 bridgehead atoms. The Balaban J connectivity index is 1.40. The molecule has 0 heterocycles. The van der Waals surface area contributed by atoms with E-state index >= 15 is 0 Å². The molecule has 31 heavy (non-hydrogen) atoms. The molecular formula is C25H25NO5. The van der Waals surface area contributed by atoms with Crippen molar-refractivity contribution in [3.05, 3.63) is 90.0 Å². The molecular weight excluding hydrogens is 394 g/mol. The Labute approximate surface area is 181 Å². The van der Waals surface area contributed by atoms with Gasteiger partial charge in [0, 0.05) is 5.69 Å². The summed E-state index contributed by atoms with van der Waals surface area (Å²) in [5.41, 5.74) is 2.81. The molecule has 0 radical (unpaired) electrons. The van der Waals surface area contributed by atoms with Crippen molar-refractivity contribution in [2.75, 3.05) is 11.9 Å². The first-order valence-electron chi connectivity index (χ1n) is 9.96. The summed E-state index contributed by atoms with van der Waals surface area (Å²) >= 11 is 0. The number of amides is 1. The van der Waals surface area contributed by atoms with Gasteiger partial charge in [0.25, 0.3) is 5.91 Å². The van der Waals surface area contributed by atoms with Crippen LogP contribution in [0.2, 0.25) is 0 Å². The fourth-order valence-corrected chi connectivity index (χ4v) is 2.68. The van der Waals surface area contributed by atoms with Gasteiger partial charge in [-0.15, -0.1) is 0 Å². The number of carbonyl (C=O) groups is 2. The summed E-state index contributed by atoms with van der Waals surface area (Å²) in [5, 5.41) is 2.71. The summed E-state index contributed by atoms with van der Waals surface area (Å²) in [6, 6.07) is 24.2. The molecule has 3 aromatic carbocycles. The molecule has 3 rings (SSSR count). The lowest BCUT2D eigenvalue weighted by Gasteiger charge is -2.14. The van der Waals surface area contributed by atoms with E-state index in [-0.39, 0.29) is 6.61 Å². The van der Waals surface area contributed by atoms with Gasteiger partial charge < -0.3 is 19.5 Å². The van der Waals surface area contributed by atoms with Crippen molar-refractivity contribution in [2.24, 2.45) is 0 Å². The van der Waals surface area contributed by atoms with Gasteiger partial charge in [0.05, 0.1) is 0 Å². The van der Waals surface area contributed by atoms with E-state index in [2.05, 4.69) is 5.32 Å². The largest absolute Gasteiger partial charge is 0.489 e. The van der Waals surface area contributed by atoms with Crippen molar-refractivity contribution in [2.45, 2.75) is 26.6 Å². The molecule has 1 N–H and O–H groups in total. The molecule has 0 saturated carbocycles. The number of esters is 1. The molecule has 0 aromatic heterocycles. The highest BCUT2D eigenvalue weighted by Crippen LogP contribution is 2.19. The molecule has 160 valence electrons. The number of anilines is 1. The Kier molecular flexibility index (Phi) is 7.65. The quantitative estimate of drug-likeness (QED) is 0.516. The highest BCUT2D eigenvalue weighted by Gasteiger charge is 2.18. The van der Waals surface area contributed by atoms with Crippen molar-refractivity contribution in [1.29, 1.82) is 0 Å². The minimum atomic E-state index is -0.939. The molecule has 0 aliphatic heterocycles. The van der Waals surface area contributed by atoms with Crippen LogP contribution in [-0.2, 0) is 20.9 Å². The topological polar surface area (TPSA) is 73.9 Å². The van der Waals surface area contributed by atoms with Gasteiger partial charge in [-0.3, -0.25) is 4.79 Å². The van der Waals surface area contributed by atoms with E-state index in [9.17, 15) is 9.59 Å². The average Bonchev–Trinajstić information content (AvgIpc) is 2.79. The van der Waals surface area contributed by atoms with E-state index < -0.39 is 18.0 Å². The normalized spacial score (nSPS) is 11.3. The number of ether oxygens (including phenoxy) is 3. The van der Waals surface area contributed by atoms with Crippen molar-refractivity contribution in [1.82, 2.24) is 0 Å². The first-order valence-corrected chi connectivity index (χ1v) is 9.96. The molecule has 0 saturated heterocycles. The van der Waals surface area contributed by atoms with Crippen LogP contribution in [0.5, 0.6) is 11.5 Å².